The van der Waals surface area contributed by atoms with Gasteiger partial charge in [-0.2, -0.15) is 0 Å². The summed E-state index contributed by atoms with van der Waals surface area (Å²) in [6, 6.07) is 0. The molecule has 0 heterocycles. The summed E-state index contributed by atoms with van der Waals surface area (Å²) in [5, 5.41) is 0. The maximum atomic E-state index is 11.4. The first-order valence-electron chi connectivity index (χ1n) is 7.89. The molecule has 20 heavy (non-hydrogen) atoms. The molecule has 0 aromatic heterocycles. The van der Waals surface area contributed by atoms with E-state index in [2.05, 4.69) is 33.8 Å². The summed E-state index contributed by atoms with van der Waals surface area (Å²) in [5.41, 5.74) is 2.17. The van der Waals surface area contributed by atoms with Crippen molar-refractivity contribution in [1.82, 2.24) is 0 Å². The SMILES string of the molecule is CCOC(=O)/C=C(C)/C(C)=C/CC(C)CCCC(C)C. The summed E-state index contributed by atoms with van der Waals surface area (Å²) < 4.78 is 4.92. The van der Waals surface area contributed by atoms with E-state index in [-0.39, 0.29) is 5.97 Å². The molecule has 2 heteroatoms. The fraction of sp³-hybridized carbons (Fsp3) is 0.722. The van der Waals surface area contributed by atoms with Crippen LogP contribution in [0.3, 0.4) is 0 Å². The van der Waals surface area contributed by atoms with Crippen molar-refractivity contribution in [3.8, 4) is 0 Å². The van der Waals surface area contributed by atoms with Gasteiger partial charge in [-0.3, -0.25) is 0 Å². The lowest BCUT2D eigenvalue weighted by molar-refractivity contribution is -0.137. The van der Waals surface area contributed by atoms with Gasteiger partial charge in [0.15, 0.2) is 0 Å². The average molecular weight is 280 g/mol. The Balaban J connectivity index is 4.19. The van der Waals surface area contributed by atoms with Gasteiger partial charge in [-0.1, -0.05) is 51.7 Å². The molecule has 0 aliphatic carbocycles. The van der Waals surface area contributed by atoms with Crippen LogP contribution in [0.4, 0.5) is 0 Å². The van der Waals surface area contributed by atoms with Crippen molar-refractivity contribution in [2.75, 3.05) is 6.61 Å². The van der Waals surface area contributed by atoms with Gasteiger partial charge in [0.2, 0.25) is 0 Å². The fourth-order valence-corrected chi connectivity index (χ4v) is 2.01. The molecule has 0 bridgehead atoms. The van der Waals surface area contributed by atoms with Crippen molar-refractivity contribution in [2.24, 2.45) is 11.8 Å². The minimum absolute atomic E-state index is 0.247. The summed E-state index contributed by atoms with van der Waals surface area (Å²) in [4.78, 5) is 11.4. The van der Waals surface area contributed by atoms with E-state index >= 15 is 0 Å². The maximum absolute atomic E-state index is 11.4. The molecule has 0 aliphatic rings. The number of allylic oxidation sites excluding steroid dienone is 3. The van der Waals surface area contributed by atoms with Crippen LogP contribution in [0.1, 0.15) is 67.2 Å². The maximum Gasteiger partial charge on any atom is 0.331 e. The highest BCUT2D eigenvalue weighted by molar-refractivity contribution is 5.83. The predicted octanol–water partition coefficient (Wildman–Crippen LogP) is 5.29. The molecule has 0 spiro atoms. The van der Waals surface area contributed by atoms with Crippen LogP contribution in [0.5, 0.6) is 0 Å². The van der Waals surface area contributed by atoms with Crippen LogP contribution in [0.15, 0.2) is 23.3 Å². The number of carbonyl (C=O) groups is 1. The molecule has 0 radical (unpaired) electrons. The predicted molar refractivity (Wildman–Crippen MR) is 86.6 cm³/mol. The molecule has 0 saturated carbocycles. The zero-order chi connectivity index (χ0) is 15.5. The van der Waals surface area contributed by atoms with Gasteiger partial charge in [-0.25, -0.2) is 4.79 Å². The second kappa shape index (κ2) is 10.7. The van der Waals surface area contributed by atoms with Gasteiger partial charge in [0.1, 0.15) is 0 Å². The largest absolute Gasteiger partial charge is 0.463 e. The smallest absolute Gasteiger partial charge is 0.331 e. The Morgan fingerprint density at radius 2 is 1.75 bits per heavy atom. The van der Waals surface area contributed by atoms with E-state index < -0.39 is 0 Å². The van der Waals surface area contributed by atoms with Crippen molar-refractivity contribution in [3.63, 3.8) is 0 Å². The quantitative estimate of drug-likeness (QED) is 0.326. The molecule has 0 aliphatic heterocycles. The summed E-state index contributed by atoms with van der Waals surface area (Å²) in [5.74, 6) is 1.26. The Bertz CT molecular complexity index is 337. The number of hydrogen-bond donors (Lipinski definition) is 0. The van der Waals surface area contributed by atoms with Crippen LogP contribution in [0, 0.1) is 11.8 Å². The highest BCUT2D eigenvalue weighted by Gasteiger charge is 2.04. The molecule has 0 aromatic rings. The van der Waals surface area contributed by atoms with E-state index in [1.807, 2.05) is 13.8 Å². The second-order valence-electron chi connectivity index (χ2n) is 6.13. The fourth-order valence-electron chi connectivity index (χ4n) is 2.01. The van der Waals surface area contributed by atoms with E-state index in [1.165, 1.54) is 24.8 Å². The molecule has 0 aromatic carbocycles. The second-order valence-corrected chi connectivity index (χ2v) is 6.13. The summed E-state index contributed by atoms with van der Waals surface area (Å²) in [6.07, 6.45) is 8.81. The summed E-state index contributed by atoms with van der Waals surface area (Å²) in [7, 11) is 0. The highest BCUT2D eigenvalue weighted by Crippen LogP contribution is 2.18. The lowest BCUT2D eigenvalue weighted by atomic mass is 9.95. The van der Waals surface area contributed by atoms with Crippen molar-refractivity contribution in [1.29, 1.82) is 0 Å². The molecule has 1 atom stereocenters. The molecule has 1 unspecified atom stereocenters. The molecule has 116 valence electrons. The van der Waals surface area contributed by atoms with Gasteiger partial charge in [-0.15, -0.1) is 0 Å². The van der Waals surface area contributed by atoms with E-state index in [0.717, 1.165) is 17.9 Å². The van der Waals surface area contributed by atoms with Crippen LogP contribution in [0.2, 0.25) is 0 Å². The monoisotopic (exact) mass is 280 g/mol. The van der Waals surface area contributed by atoms with E-state index in [1.54, 1.807) is 6.08 Å². The molecule has 0 fully saturated rings. The van der Waals surface area contributed by atoms with Crippen molar-refractivity contribution in [2.45, 2.75) is 67.2 Å². The highest BCUT2D eigenvalue weighted by atomic mass is 16.5. The third kappa shape index (κ3) is 9.82. The van der Waals surface area contributed by atoms with Gasteiger partial charge in [-0.05, 0) is 44.6 Å². The number of hydrogen-bond acceptors (Lipinski definition) is 2. The zero-order valence-electron chi connectivity index (χ0n) is 14.2. The first kappa shape index (κ1) is 18.9. The Labute approximate surface area is 125 Å². The Morgan fingerprint density at radius 1 is 1.10 bits per heavy atom. The molecule has 0 amide bonds. The van der Waals surface area contributed by atoms with E-state index in [4.69, 9.17) is 4.74 Å². The standard InChI is InChI=1S/C18H32O2/c1-7-20-18(19)13-17(6)16(5)12-11-15(4)10-8-9-14(2)3/h12-15H,7-11H2,1-6H3/b16-12+,17-13+. The van der Waals surface area contributed by atoms with Gasteiger partial charge in [0.25, 0.3) is 0 Å². The first-order valence-corrected chi connectivity index (χ1v) is 7.89. The molecular formula is C18H32O2. The summed E-state index contributed by atoms with van der Waals surface area (Å²) >= 11 is 0. The van der Waals surface area contributed by atoms with Gasteiger partial charge < -0.3 is 4.74 Å². The Morgan fingerprint density at radius 3 is 2.30 bits per heavy atom. The van der Waals surface area contributed by atoms with Gasteiger partial charge in [0, 0.05) is 6.08 Å². The molecular weight excluding hydrogens is 248 g/mol. The lowest BCUT2D eigenvalue weighted by Gasteiger charge is -2.11. The molecule has 2 nitrogen and oxygen atoms in total. The lowest BCUT2D eigenvalue weighted by Crippen LogP contribution is -2.01. The van der Waals surface area contributed by atoms with Crippen LogP contribution in [0.25, 0.3) is 0 Å². The van der Waals surface area contributed by atoms with Crippen LogP contribution in [-0.4, -0.2) is 12.6 Å². The number of carbonyl (C=O) groups excluding carboxylic acids is 1. The third-order valence-electron chi connectivity index (χ3n) is 3.55. The number of ether oxygens (including phenoxy) is 1. The molecule has 0 N–H and O–H groups in total. The van der Waals surface area contributed by atoms with Crippen molar-refractivity contribution in [3.05, 3.63) is 23.3 Å². The zero-order valence-corrected chi connectivity index (χ0v) is 14.2. The van der Waals surface area contributed by atoms with Gasteiger partial charge in [0.05, 0.1) is 6.61 Å². The Hall–Kier alpha value is -1.05. The van der Waals surface area contributed by atoms with E-state index in [0.29, 0.717) is 12.5 Å². The van der Waals surface area contributed by atoms with Crippen LogP contribution in [-0.2, 0) is 9.53 Å². The number of rotatable bonds is 9. The minimum atomic E-state index is -0.247. The Kier molecular flexibility index (Phi) is 10.1. The third-order valence-corrected chi connectivity index (χ3v) is 3.55. The van der Waals surface area contributed by atoms with Crippen molar-refractivity contribution < 1.29 is 9.53 Å². The molecule has 0 rings (SSSR count). The number of esters is 1. The minimum Gasteiger partial charge on any atom is -0.463 e. The van der Waals surface area contributed by atoms with Crippen LogP contribution >= 0.6 is 0 Å². The first-order chi connectivity index (χ1) is 9.36. The van der Waals surface area contributed by atoms with Gasteiger partial charge >= 0.3 is 5.97 Å². The average Bonchev–Trinajstić information content (AvgIpc) is 2.35. The normalized spacial score (nSPS) is 14.6. The van der Waals surface area contributed by atoms with E-state index in [9.17, 15) is 4.79 Å². The van der Waals surface area contributed by atoms with Crippen LogP contribution < -0.4 is 0 Å². The summed E-state index contributed by atoms with van der Waals surface area (Å²) in [6.45, 7) is 13.1. The van der Waals surface area contributed by atoms with Crippen molar-refractivity contribution >= 4 is 5.97 Å². The topological polar surface area (TPSA) is 26.3 Å². The molecule has 0 saturated heterocycles.